The van der Waals surface area contributed by atoms with Crippen LogP contribution in [0.5, 0.6) is 0 Å². The summed E-state index contributed by atoms with van der Waals surface area (Å²) in [5, 5.41) is 3.39. The standard InChI is InChI=1S/C13H28N2O2S/c1-5-8-14-10-12-7-6-9-15(11-12)18(16,17)13(2,3)4/h12,14H,5-11H2,1-4H3. The van der Waals surface area contributed by atoms with Crippen molar-refractivity contribution >= 4 is 10.0 Å². The molecule has 0 aliphatic carbocycles. The lowest BCUT2D eigenvalue weighted by Gasteiger charge is -2.36. The van der Waals surface area contributed by atoms with E-state index in [0.717, 1.165) is 32.4 Å². The number of nitrogens with zero attached hydrogens (tertiary/aromatic N) is 1. The molecule has 1 fully saturated rings. The van der Waals surface area contributed by atoms with Crippen LogP contribution in [0.2, 0.25) is 0 Å². The van der Waals surface area contributed by atoms with E-state index in [0.29, 0.717) is 19.0 Å². The Labute approximate surface area is 112 Å². The molecular weight excluding hydrogens is 248 g/mol. The summed E-state index contributed by atoms with van der Waals surface area (Å²) >= 11 is 0. The van der Waals surface area contributed by atoms with Crippen molar-refractivity contribution in [1.29, 1.82) is 0 Å². The predicted molar refractivity (Wildman–Crippen MR) is 76.1 cm³/mol. The van der Waals surface area contributed by atoms with Gasteiger partial charge in [-0.2, -0.15) is 0 Å². The largest absolute Gasteiger partial charge is 0.316 e. The Morgan fingerprint density at radius 2 is 2.00 bits per heavy atom. The van der Waals surface area contributed by atoms with Gasteiger partial charge in [0.15, 0.2) is 0 Å². The average molecular weight is 276 g/mol. The molecule has 1 unspecified atom stereocenters. The van der Waals surface area contributed by atoms with E-state index in [1.807, 2.05) is 0 Å². The lowest BCUT2D eigenvalue weighted by molar-refractivity contribution is 0.256. The normalized spacial score (nSPS) is 23.2. The molecule has 5 heteroatoms. The smallest absolute Gasteiger partial charge is 0.219 e. The monoisotopic (exact) mass is 276 g/mol. The summed E-state index contributed by atoms with van der Waals surface area (Å²) in [6, 6.07) is 0. The first-order chi connectivity index (χ1) is 8.29. The second kappa shape index (κ2) is 6.35. The summed E-state index contributed by atoms with van der Waals surface area (Å²) in [5.41, 5.74) is 0. The van der Waals surface area contributed by atoms with E-state index in [4.69, 9.17) is 0 Å². The molecule has 0 radical (unpaired) electrons. The molecule has 0 aromatic heterocycles. The molecular formula is C13H28N2O2S. The quantitative estimate of drug-likeness (QED) is 0.779. The van der Waals surface area contributed by atoms with Crippen molar-refractivity contribution in [3.05, 3.63) is 0 Å². The zero-order chi connectivity index (χ0) is 13.8. The van der Waals surface area contributed by atoms with E-state index < -0.39 is 14.8 Å². The molecule has 1 aliphatic heterocycles. The van der Waals surface area contributed by atoms with Gasteiger partial charge in [0.2, 0.25) is 10.0 Å². The Bertz CT molecular complexity index is 346. The maximum atomic E-state index is 12.4. The highest BCUT2D eigenvalue weighted by atomic mass is 32.2. The highest BCUT2D eigenvalue weighted by molar-refractivity contribution is 7.90. The number of sulfonamides is 1. The van der Waals surface area contributed by atoms with Gasteiger partial charge in [0, 0.05) is 13.1 Å². The number of rotatable bonds is 5. The fourth-order valence-electron chi connectivity index (χ4n) is 2.28. The molecule has 1 heterocycles. The molecule has 1 atom stereocenters. The van der Waals surface area contributed by atoms with Gasteiger partial charge >= 0.3 is 0 Å². The Balaban J connectivity index is 2.59. The molecule has 0 amide bonds. The van der Waals surface area contributed by atoms with Crippen LogP contribution < -0.4 is 5.32 Å². The molecule has 0 aromatic carbocycles. The Hall–Kier alpha value is -0.130. The van der Waals surface area contributed by atoms with Crippen LogP contribution in [0.4, 0.5) is 0 Å². The van der Waals surface area contributed by atoms with Crippen LogP contribution >= 0.6 is 0 Å². The first kappa shape index (κ1) is 15.9. The minimum Gasteiger partial charge on any atom is -0.316 e. The first-order valence-electron chi connectivity index (χ1n) is 6.99. The van der Waals surface area contributed by atoms with Gasteiger partial charge in [-0.3, -0.25) is 0 Å². The Morgan fingerprint density at radius 3 is 2.56 bits per heavy atom. The zero-order valence-electron chi connectivity index (χ0n) is 12.2. The molecule has 4 nitrogen and oxygen atoms in total. The van der Waals surface area contributed by atoms with Crippen LogP contribution in [0, 0.1) is 5.92 Å². The molecule has 1 rings (SSSR count). The van der Waals surface area contributed by atoms with E-state index in [-0.39, 0.29) is 0 Å². The van der Waals surface area contributed by atoms with Gasteiger partial charge in [0.1, 0.15) is 0 Å². The highest BCUT2D eigenvalue weighted by Crippen LogP contribution is 2.25. The van der Waals surface area contributed by atoms with Crippen LogP contribution in [0.25, 0.3) is 0 Å². The van der Waals surface area contributed by atoms with Crippen molar-refractivity contribution in [2.45, 2.75) is 51.7 Å². The number of hydrogen-bond acceptors (Lipinski definition) is 3. The van der Waals surface area contributed by atoms with E-state index in [2.05, 4.69) is 12.2 Å². The maximum absolute atomic E-state index is 12.4. The Morgan fingerprint density at radius 1 is 1.33 bits per heavy atom. The summed E-state index contributed by atoms with van der Waals surface area (Å²) in [4.78, 5) is 0. The molecule has 0 spiro atoms. The molecule has 0 bridgehead atoms. The van der Waals surface area contributed by atoms with Gasteiger partial charge in [0.25, 0.3) is 0 Å². The van der Waals surface area contributed by atoms with Crippen molar-refractivity contribution in [3.63, 3.8) is 0 Å². The number of piperidine rings is 1. The van der Waals surface area contributed by atoms with E-state index in [9.17, 15) is 8.42 Å². The predicted octanol–water partition coefficient (Wildman–Crippen LogP) is 1.83. The van der Waals surface area contributed by atoms with Crippen molar-refractivity contribution < 1.29 is 8.42 Å². The fraction of sp³-hybridized carbons (Fsp3) is 1.00. The van der Waals surface area contributed by atoms with Gasteiger partial charge in [-0.15, -0.1) is 0 Å². The van der Waals surface area contributed by atoms with Gasteiger partial charge in [-0.05, 0) is 59.0 Å². The second-order valence-electron chi connectivity index (χ2n) is 6.19. The lowest BCUT2D eigenvalue weighted by atomic mass is 10.00. The van der Waals surface area contributed by atoms with Crippen LogP contribution in [0.15, 0.2) is 0 Å². The van der Waals surface area contributed by atoms with Crippen molar-refractivity contribution in [1.82, 2.24) is 9.62 Å². The summed E-state index contributed by atoms with van der Waals surface area (Å²) < 4.78 is 25.8. The summed E-state index contributed by atoms with van der Waals surface area (Å²) in [7, 11) is -3.16. The van der Waals surface area contributed by atoms with Crippen molar-refractivity contribution in [3.8, 4) is 0 Å². The van der Waals surface area contributed by atoms with Crippen molar-refractivity contribution in [2.75, 3.05) is 26.2 Å². The van der Waals surface area contributed by atoms with Crippen LogP contribution in [0.3, 0.4) is 0 Å². The summed E-state index contributed by atoms with van der Waals surface area (Å²) in [5.74, 6) is 0.461. The second-order valence-corrected chi connectivity index (χ2v) is 8.88. The molecule has 108 valence electrons. The van der Waals surface area contributed by atoms with Gasteiger partial charge < -0.3 is 5.32 Å². The van der Waals surface area contributed by atoms with Gasteiger partial charge in [-0.1, -0.05) is 6.92 Å². The molecule has 18 heavy (non-hydrogen) atoms. The third-order valence-corrected chi connectivity index (χ3v) is 6.01. The zero-order valence-corrected chi connectivity index (χ0v) is 13.0. The SMILES string of the molecule is CCCNCC1CCCN(S(=O)(=O)C(C)(C)C)C1. The van der Waals surface area contributed by atoms with Crippen LogP contribution in [0.1, 0.15) is 47.0 Å². The number of hydrogen-bond donors (Lipinski definition) is 1. The van der Waals surface area contributed by atoms with Gasteiger partial charge in [0.05, 0.1) is 4.75 Å². The lowest BCUT2D eigenvalue weighted by Crippen LogP contribution is -2.48. The molecule has 0 saturated carbocycles. The van der Waals surface area contributed by atoms with Crippen LogP contribution in [-0.4, -0.2) is 43.6 Å². The van der Waals surface area contributed by atoms with Crippen molar-refractivity contribution in [2.24, 2.45) is 5.92 Å². The topological polar surface area (TPSA) is 49.4 Å². The summed E-state index contributed by atoms with van der Waals surface area (Å²) in [6.45, 7) is 10.8. The Kier molecular flexibility index (Phi) is 5.62. The third-order valence-electron chi connectivity index (χ3n) is 3.46. The summed E-state index contributed by atoms with van der Waals surface area (Å²) in [6.07, 6.45) is 3.23. The first-order valence-corrected chi connectivity index (χ1v) is 8.43. The molecule has 0 aromatic rings. The average Bonchev–Trinajstić information content (AvgIpc) is 2.28. The molecule has 1 aliphatic rings. The van der Waals surface area contributed by atoms with Crippen LogP contribution in [-0.2, 0) is 10.0 Å². The third kappa shape index (κ3) is 3.93. The van der Waals surface area contributed by atoms with E-state index >= 15 is 0 Å². The van der Waals surface area contributed by atoms with E-state index in [1.165, 1.54) is 0 Å². The van der Waals surface area contributed by atoms with E-state index in [1.54, 1.807) is 25.1 Å². The fourth-order valence-corrected chi connectivity index (χ4v) is 3.83. The number of nitrogens with one attached hydrogen (secondary N) is 1. The van der Waals surface area contributed by atoms with Gasteiger partial charge in [-0.25, -0.2) is 12.7 Å². The maximum Gasteiger partial charge on any atom is 0.219 e. The minimum atomic E-state index is -3.16. The highest BCUT2D eigenvalue weighted by Gasteiger charge is 2.37. The minimum absolute atomic E-state index is 0.461. The molecule has 1 saturated heterocycles. The molecule has 1 N–H and O–H groups in total.